The van der Waals surface area contributed by atoms with E-state index in [1.165, 1.54) is 17.4 Å². The van der Waals surface area contributed by atoms with Crippen LogP contribution >= 0.6 is 11.3 Å². The molecule has 2 rings (SSSR count). The van der Waals surface area contributed by atoms with Crippen LogP contribution in [-0.2, 0) is 0 Å². The number of carboxylic acids is 1. The van der Waals surface area contributed by atoms with E-state index in [0.29, 0.717) is 4.88 Å². The van der Waals surface area contributed by atoms with Crippen LogP contribution in [0.4, 0.5) is 11.4 Å². The number of carbonyl (C=O) groups excluding carboxylic acids is 1. The van der Waals surface area contributed by atoms with Gasteiger partial charge in [0.05, 0.1) is 21.1 Å². The lowest BCUT2D eigenvalue weighted by atomic mass is 10.1. The van der Waals surface area contributed by atoms with Crippen molar-refractivity contribution in [1.29, 1.82) is 0 Å². The lowest BCUT2D eigenvalue weighted by molar-refractivity contribution is -0.384. The molecule has 0 aliphatic rings. The normalized spacial score (nSPS) is 10.0. The van der Waals surface area contributed by atoms with Gasteiger partial charge in [0.2, 0.25) is 0 Å². The molecule has 8 heteroatoms. The Hall–Kier alpha value is -2.74. The van der Waals surface area contributed by atoms with E-state index in [1.54, 1.807) is 17.5 Å². The third-order valence-corrected chi connectivity index (χ3v) is 3.31. The zero-order valence-electron chi connectivity index (χ0n) is 9.90. The van der Waals surface area contributed by atoms with Crippen molar-refractivity contribution in [2.24, 2.45) is 0 Å². The number of anilines is 1. The number of amides is 1. The van der Waals surface area contributed by atoms with Gasteiger partial charge in [0, 0.05) is 12.1 Å². The summed E-state index contributed by atoms with van der Waals surface area (Å²) in [5.74, 6) is -1.81. The van der Waals surface area contributed by atoms with Gasteiger partial charge in [-0.3, -0.25) is 14.9 Å². The van der Waals surface area contributed by atoms with Crippen molar-refractivity contribution >= 4 is 34.6 Å². The highest BCUT2D eigenvalue weighted by molar-refractivity contribution is 7.12. The number of nitro groups is 1. The lowest BCUT2D eigenvalue weighted by Crippen LogP contribution is -2.13. The Bertz CT molecular complexity index is 681. The molecule has 20 heavy (non-hydrogen) atoms. The first-order valence-electron chi connectivity index (χ1n) is 5.35. The van der Waals surface area contributed by atoms with Crippen molar-refractivity contribution < 1.29 is 19.6 Å². The molecule has 0 saturated carbocycles. The lowest BCUT2D eigenvalue weighted by Gasteiger charge is -2.07. The van der Waals surface area contributed by atoms with E-state index in [-0.39, 0.29) is 16.9 Å². The number of carboxylic acid groups (broad SMARTS) is 1. The van der Waals surface area contributed by atoms with E-state index >= 15 is 0 Å². The maximum atomic E-state index is 11.8. The van der Waals surface area contributed by atoms with Crippen molar-refractivity contribution in [1.82, 2.24) is 0 Å². The van der Waals surface area contributed by atoms with E-state index in [9.17, 15) is 19.7 Å². The number of hydrogen-bond donors (Lipinski definition) is 2. The van der Waals surface area contributed by atoms with Crippen LogP contribution in [0.15, 0.2) is 35.7 Å². The van der Waals surface area contributed by atoms with Crippen molar-refractivity contribution in [3.63, 3.8) is 0 Å². The van der Waals surface area contributed by atoms with Crippen molar-refractivity contribution in [2.75, 3.05) is 5.32 Å². The molecule has 1 amide bonds. The maximum Gasteiger partial charge on any atom is 0.338 e. The molecular formula is C12H8N2O5S. The first kappa shape index (κ1) is 13.7. The van der Waals surface area contributed by atoms with Gasteiger partial charge in [0.25, 0.3) is 11.6 Å². The van der Waals surface area contributed by atoms with E-state index in [0.717, 1.165) is 12.1 Å². The average Bonchev–Trinajstić information content (AvgIpc) is 2.92. The van der Waals surface area contributed by atoms with E-state index in [1.807, 2.05) is 0 Å². The van der Waals surface area contributed by atoms with Crippen molar-refractivity contribution in [3.8, 4) is 0 Å². The minimum atomic E-state index is -1.35. The highest BCUT2D eigenvalue weighted by Crippen LogP contribution is 2.23. The number of carbonyl (C=O) groups is 2. The number of non-ortho nitro benzene ring substituents is 1. The fourth-order valence-corrected chi connectivity index (χ4v) is 2.14. The van der Waals surface area contributed by atoms with Gasteiger partial charge in [-0.15, -0.1) is 11.3 Å². The Morgan fingerprint density at radius 1 is 1.30 bits per heavy atom. The molecule has 7 nitrogen and oxygen atoms in total. The van der Waals surface area contributed by atoms with Gasteiger partial charge in [-0.05, 0) is 17.5 Å². The molecule has 0 fully saturated rings. The average molecular weight is 292 g/mol. The molecule has 102 valence electrons. The van der Waals surface area contributed by atoms with Crippen LogP contribution in [-0.4, -0.2) is 21.9 Å². The molecule has 1 aromatic carbocycles. The smallest absolute Gasteiger partial charge is 0.338 e. The third-order valence-electron chi connectivity index (χ3n) is 2.44. The summed E-state index contributed by atoms with van der Waals surface area (Å²) in [5, 5.41) is 23.8. The first-order valence-corrected chi connectivity index (χ1v) is 6.23. The van der Waals surface area contributed by atoms with Gasteiger partial charge in [0.1, 0.15) is 0 Å². The summed E-state index contributed by atoms with van der Waals surface area (Å²) < 4.78 is 0. The van der Waals surface area contributed by atoms with Crippen LogP contribution in [0, 0.1) is 10.1 Å². The van der Waals surface area contributed by atoms with Crippen molar-refractivity contribution in [2.45, 2.75) is 0 Å². The van der Waals surface area contributed by atoms with Gasteiger partial charge in [-0.2, -0.15) is 0 Å². The third kappa shape index (κ3) is 2.81. The van der Waals surface area contributed by atoms with Gasteiger partial charge < -0.3 is 10.4 Å². The molecule has 0 spiro atoms. The van der Waals surface area contributed by atoms with Crippen LogP contribution in [0.3, 0.4) is 0 Å². The molecule has 0 radical (unpaired) electrons. The molecule has 0 saturated heterocycles. The summed E-state index contributed by atoms with van der Waals surface area (Å²) >= 11 is 1.20. The molecule has 2 aromatic rings. The van der Waals surface area contributed by atoms with Crippen LogP contribution in [0.1, 0.15) is 20.0 Å². The molecule has 0 bridgehead atoms. The summed E-state index contributed by atoms with van der Waals surface area (Å²) in [6.45, 7) is 0. The summed E-state index contributed by atoms with van der Waals surface area (Å²) in [7, 11) is 0. The van der Waals surface area contributed by atoms with Crippen LogP contribution in [0.5, 0.6) is 0 Å². The predicted molar refractivity (Wildman–Crippen MR) is 72.3 cm³/mol. The van der Waals surface area contributed by atoms with Crippen LogP contribution in [0.25, 0.3) is 0 Å². The fourth-order valence-electron chi connectivity index (χ4n) is 1.52. The van der Waals surface area contributed by atoms with Gasteiger partial charge in [-0.1, -0.05) is 6.07 Å². The highest BCUT2D eigenvalue weighted by atomic mass is 32.1. The zero-order valence-corrected chi connectivity index (χ0v) is 10.7. The Morgan fingerprint density at radius 2 is 2.05 bits per heavy atom. The SMILES string of the molecule is O=C(Nc1ccc([N+](=O)[O-])cc1C(=O)O)c1cccs1. The topological polar surface area (TPSA) is 110 Å². The minimum absolute atomic E-state index is 0.0153. The number of aromatic carboxylic acids is 1. The van der Waals surface area contributed by atoms with Crippen LogP contribution < -0.4 is 5.32 Å². The predicted octanol–water partition coefficient (Wildman–Crippen LogP) is 2.61. The summed E-state index contributed by atoms with van der Waals surface area (Å²) in [6, 6.07) is 6.52. The molecular weight excluding hydrogens is 284 g/mol. The molecule has 0 unspecified atom stereocenters. The zero-order chi connectivity index (χ0) is 14.7. The van der Waals surface area contributed by atoms with E-state index < -0.39 is 16.8 Å². The fraction of sp³-hybridized carbons (Fsp3) is 0. The largest absolute Gasteiger partial charge is 0.478 e. The standard InChI is InChI=1S/C12H8N2O5S/c15-11(10-2-1-5-20-10)13-9-4-3-7(14(18)19)6-8(9)12(16)17/h1-6H,(H,13,15)(H,16,17). The molecule has 0 aliphatic carbocycles. The summed E-state index contributed by atoms with van der Waals surface area (Å²) in [4.78, 5) is 33.3. The van der Waals surface area contributed by atoms with Gasteiger partial charge in [-0.25, -0.2) is 4.79 Å². The Balaban J connectivity index is 2.34. The number of nitro benzene ring substituents is 1. The summed E-state index contributed by atoms with van der Waals surface area (Å²) in [5.41, 5.74) is -0.665. The second-order valence-electron chi connectivity index (χ2n) is 3.72. The second-order valence-corrected chi connectivity index (χ2v) is 4.67. The first-order chi connectivity index (χ1) is 9.49. The molecule has 0 atom stereocenters. The number of nitrogens with zero attached hydrogens (tertiary/aromatic N) is 1. The summed E-state index contributed by atoms with van der Waals surface area (Å²) in [6.07, 6.45) is 0. The quantitative estimate of drug-likeness (QED) is 0.665. The Morgan fingerprint density at radius 3 is 2.60 bits per heavy atom. The van der Waals surface area contributed by atoms with Crippen LogP contribution in [0.2, 0.25) is 0 Å². The Kier molecular flexibility index (Phi) is 3.76. The minimum Gasteiger partial charge on any atom is -0.478 e. The number of thiophene rings is 1. The van der Waals surface area contributed by atoms with Gasteiger partial charge in [0.15, 0.2) is 0 Å². The monoisotopic (exact) mass is 292 g/mol. The van der Waals surface area contributed by atoms with E-state index in [4.69, 9.17) is 5.11 Å². The molecule has 1 heterocycles. The molecule has 1 aromatic heterocycles. The number of hydrogen-bond acceptors (Lipinski definition) is 5. The number of rotatable bonds is 4. The number of nitrogens with one attached hydrogen (secondary N) is 1. The number of benzene rings is 1. The van der Waals surface area contributed by atoms with Gasteiger partial charge >= 0.3 is 5.97 Å². The molecule has 0 aliphatic heterocycles. The highest BCUT2D eigenvalue weighted by Gasteiger charge is 2.18. The maximum absolute atomic E-state index is 11.8. The second kappa shape index (κ2) is 5.49. The Labute approximate surface area is 116 Å². The van der Waals surface area contributed by atoms with E-state index in [2.05, 4.69) is 5.32 Å². The molecule has 2 N–H and O–H groups in total. The van der Waals surface area contributed by atoms with Crippen molar-refractivity contribution in [3.05, 3.63) is 56.3 Å².